The fourth-order valence-electron chi connectivity index (χ4n) is 1.09. The highest BCUT2D eigenvalue weighted by atomic mass is 28.4. The van der Waals surface area contributed by atoms with Crippen LogP contribution in [0.2, 0.25) is 13.1 Å². The molecule has 0 saturated carbocycles. The van der Waals surface area contributed by atoms with Crippen LogP contribution < -0.4 is 9.92 Å². The van der Waals surface area contributed by atoms with Crippen LogP contribution in [0.25, 0.3) is 0 Å². The first-order valence-corrected chi connectivity index (χ1v) is 7.43. The molecule has 1 aromatic rings. The maximum atomic E-state index is 9.83. The largest absolute Gasteiger partial charge is 0.468 e. The molecule has 4 heteroatoms. The first kappa shape index (κ1) is 11.2. The minimum Gasteiger partial charge on any atom is -0.468 e. The monoisotopic (exact) mass is 212 g/mol. The summed E-state index contributed by atoms with van der Waals surface area (Å²) in [5, 5.41) is 1.00. The SMILES string of the molecule is COCOc1ccc([Si](C)(C)O)cc1. The second-order valence-corrected chi connectivity index (χ2v) is 7.33. The summed E-state index contributed by atoms with van der Waals surface area (Å²) in [6.07, 6.45) is 0. The molecule has 0 amide bonds. The fraction of sp³-hybridized carbons (Fsp3) is 0.400. The van der Waals surface area contributed by atoms with Gasteiger partial charge >= 0.3 is 0 Å². The summed E-state index contributed by atoms with van der Waals surface area (Å²) < 4.78 is 10.0. The molecule has 1 N–H and O–H groups in total. The Bertz CT molecular complexity index is 276. The van der Waals surface area contributed by atoms with E-state index >= 15 is 0 Å². The maximum Gasteiger partial charge on any atom is 0.213 e. The van der Waals surface area contributed by atoms with E-state index in [4.69, 9.17) is 9.47 Å². The minimum atomic E-state index is -2.17. The lowest BCUT2D eigenvalue weighted by atomic mass is 10.3. The molecule has 0 aromatic heterocycles. The third-order valence-corrected chi connectivity index (χ3v) is 3.65. The zero-order valence-electron chi connectivity index (χ0n) is 8.78. The fourth-order valence-corrected chi connectivity index (χ4v) is 2.07. The Kier molecular flexibility index (Phi) is 3.68. The number of hydrogen-bond donors (Lipinski definition) is 1. The van der Waals surface area contributed by atoms with Crippen molar-refractivity contribution in [1.82, 2.24) is 0 Å². The van der Waals surface area contributed by atoms with Crippen LogP contribution in [0.4, 0.5) is 0 Å². The molecule has 0 spiro atoms. The molecule has 0 bridgehead atoms. The molecule has 0 radical (unpaired) electrons. The first-order chi connectivity index (χ1) is 6.54. The van der Waals surface area contributed by atoms with Gasteiger partial charge in [0.05, 0.1) is 0 Å². The number of rotatable bonds is 4. The van der Waals surface area contributed by atoms with Gasteiger partial charge in [-0.25, -0.2) is 0 Å². The van der Waals surface area contributed by atoms with Gasteiger partial charge in [0.25, 0.3) is 0 Å². The first-order valence-electron chi connectivity index (χ1n) is 4.48. The lowest BCUT2D eigenvalue weighted by Crippen LogP contribution is -2.41. The Morgan fingerprint density at radius 3 is 2.21 bits per heavy atom. The molecule has 78 valence electrons. The van der Waals surface area contributed by atoms with Gasteiger partial charge in [-0.15, -0.1) is 0 Å². The van der Waals surface area contributed by atoms with Gasteiger partial charge in [-0.2, -0.15) is 0 Å². The second-order valence-electron chi connectivity index (χ2n) is 3.63. The summed E-state index contributed by atoms with van der Waals surface area (Å²) >= 11 is 0. The van der Waals surface area contributed by atoms with E-state index in [9.17, 15) is 4.80 Å². The number of ether oxygens (including phenoxy) is 2. The van der Waals surface area contributed by atoms with Gasteiger partial charge in [0.2, 0.25) is 8.32 Å². The Morgan fingerprint density at radius 1 is 1.21 bits per heavy atom. The smallest absolute Gasteiger partial charge is 0.213 e. The number of benzene rings is 1. The predicted octanol–water partition coefficient (Wildman–Crippen LogP) is 1.07. The van der Waals surface area contributed by atoms with E-state index in [1.165, 1.54) is 0 Å². The Labute approximate surface area is 85.4 Å². The second kappa shape index (κ2) is 4.59. The van der Waals surface area contributed by atoms with Crippen molar-refractivity contribution in [2.45, 2.75) is 13.1 Å². The molecular weight excluding hydrogens is 196 g/mol. The molecule has 3 nitrogen and oxygen atoms in total. The molecule has 14 heavy (non-hydrogen) atoms. The van der Waals surface area contributed by atoms with Crippen molar-refractivity contribution in [3.63, 3.8) is 0 Å². The molecule has 0 atom stereocenters. The van der Waals surface area contributed by atoms with E-state index in [1.54, 1.807) is 7.11 Å². The van der Waals surface area contributed by atoms with Crippen LogP contribution in [-0.2, 0) is 4.74 Å². The molecule has 0 aliphatic heterocycles. The van der Waals surface area contributed by atoms with Crippen molar-refractivity contribution < 1.29 is 14.3 Å². The highest BCUT2D eigenvalue weighted by Gasteiger charge is 2.19. The van der Waals surface area contributed by atoms with Crippen molar-refractivity contribution in [1.29, 1.82) is 0 Å². The standard InChI is InChI=1S/C10H16O3Si/c1-12-8-13-9-4-6-10(7-5-9)14(2,3)11/h4-7,11H,8H2,1-3H3. The van der Waals surface area contributed by atoms with Gasteiger partial charge in [0, 0.05) is 7.11 Å². The van der Waals surface area contributed by atoms with Gasteiger partial charge in [0.1, 0.15) is 5.75 Å². The van der Waals surface area contributed by atoms with Gasteiger partial charge in [0.15, 0.2) is 6.79 Å². The summed E-state index contributed by atoms with van der Waals surface area (Å²) in [7, 11) is -0.593. The zero-order valence-corrected chi connectivity index (χ0v) is 9.78. The molecule has 0 aliphatic rings. The quantitative estimate of drug-likeness (QED) is 0.599. The average molecular weight is 212 g/mol. The third-order valence-electron chi connectivity index (χ3n) is 1.90. The van der Waals surface area contributed by atoms with Crippen LogP contribution in [0.5, 0.6) is 5.75 Å². The summed E-state index contributed by atoms with van der Waals surface area (Å²) in [5.74, 6) is 0.758. The normalized spacial score (nSPS) is 11.4. The molecule has 0 heterocycles. The lowest BCUT2D eigenvalue weighted by molar-refractivity contribution is 0.0511. The van der Waals surface area contributed by atoms with Crippen molar-refractivity contribution >= 4 is 13.5 Å². The molecule has 0 aliphatic carbocycles. The van der Waals surface area contributed by atoms with E-state index in [2.05, 4.69) is 0 Å². The van der Waals surface area contributed by atoms with Crippen LogP contribution in [0, 0.1) is 0 Å². The highest BCUT2D eigenvalue weighted by Crippen LogP contribution is 2.09. The van der Waals surface area contributed by atoms with E-state index < -0.39 is 8.32 Å². The van der Waals surface area contributed by atoms with E-state index in [0.717, 1.165) is 10.9 Å². The van der Waals surface area contributed by atoms with Crippen LogP contribution in [0.3, 0.4) is 0 Å². The van der Waals surface area contributed by atoms with Gasteiger partial charge in [-0.3, -0.25) is 0 Å². The highest BCUT2D eigenvalue weighted by molar-refractivity contribution is 6.83. The Hall–Kier alpha value is -0.843. The summed E-state index contributed by atoms with van der Waals surface area (Å²) in [4.78, 5) is 9.83. The summed E-state index contributed by atoms with van der Waals surface area (Å²) in [6, 6.07) is 7.49. The van der Waals surface area contributed by atoms with Crippen molar-refractivity contribution in [2.75, 3.05) is 13.9 Å². The van der Waals surface area contributed by atoms with Crippen molar-refractivity contribution in [3.8, 4) is 5.75 Å². The molecule has 0 saturated heterocycles. The minimum absolute atomic E-state index is 0.249. The Morgan fingerprint density at radius 2 is 1.79 bits per heavy atom. The Balaban J connectivity index is 2.69. The van der Waals surface area contributed by atoms with Crippen LogP contribution >= 0.6 is 0 Å². The van der Waals surface area contributed by atoms with Crippen molar-refractivity contribution in [3.05, 3.63) is 24.3 Å². The summed E-state index contributed by atoms with van der Waals surface area (Å²) in [5.41, 5.74) is 0. The van der Waals surface area contributed by atoms with Gasteiger partial charge in [-0.1, -0.05) is 12.1 Å². The maximum absolute atomic E-state index is 9.83. The van der Waals surface area contributed by atoms with E-state index in [-0.39, 0.29) is 6.79 Å². The molecular formula is C10H16O3Si. The number of methoxy groups -OCH3 is 1. The molecule has 0 fully saturated rings. The van der Waals surface area contributed by atoms with Crippen LogP contribution in [0.1, 0.15) is 0 Å². The van der Waals surface area contributed by atoms with Crippen LogP contribution in [-0.4, -0.2) is 27.0 Å². The molecule has 1 rings (SSSR count). The topological polar surface area (TPSA) is 38.7 Å². The zero-order chi connectivity index (χ0) is 10.6. The molecule has 1 aromatic carbocycles. The summed E-state index contributed by atoms with van der Waals surface area (Å²) in [6.45, 7) is 4.02. The lowest BCUT2D eigenvalue weighted by Gasteiger charge is -2.14. The van der Waals surface area contributed by atoms with Gasteiger partial charge < -0.3 is 14.3 Å². The predicted molar refractivity (Wildman–Crippen MR) is 58.3 cm³/mol. The van der Waals surface area contributed by atoms with Crippen LogP contribution in [0.15, 0.2) is 24.3 Å². The van der Waals surface area contributed by atoms with E-state index in [0.29, 0.717) is 0 Å². The third kappa shape index (κ3) is 3.14. The van der Waals surface area contributed by atoms with E-state index in [1.807, 2.05) is 37.4 Å². The number of hydrogen-bond acceptors (Lipinski definition) is 3. The average Bonchev–Trinajstić information content (AvgIpc) is 2.14. The molecule has 0 unspecified atom stereocenters. The van der Waals surface area contributed by atoms with Crippen molar-refractivity contribution in [2.24, 2.45) is 0 Å². The van der Waals surface area contributed by atoms with Gasteiger partial charge in [-0.05, 0) is 30.4 Å².